The molecule has 0 aliphatic carbocycles. The van der Waals surface area contributed by atoms with E-state index in [1.165, 1.54) is 22.3 Å². The topological polar surface area (TPSA) is 46.2 Å². The van der Waals surface area contributed by atoms with Crippen molar-refractivity contribution >= 4 is 0 Å². The maximum absolute atomic E-state index is 10.9. The number of aryl methyl sites for hydroxylation is 3. The van der Waals surface area contributed by atoms with E-state index in [0.717, 1.165) is 5.56 Å². The molecule has 20 heavy (non-hydrogen) atoms. The number of aliphatic hydroxyl groups is 1. The molecule has 2 rings (SSSR count). The molecular formula is C18H23NO. The summed E-state index contributed by atoms with van der Waals surface area (Å²) < 4.78 is 0. The van der Waals surface area contributed by atoms with Crippen LogP contribution in [0.5, 0.6) is 0 Å². The predicted octanol–water partition coefficient (Wildman–Crippen LogP) is 3.00. The van der Waals surface area contributed by atoms with E-state index in [4.69, 9.17) is 5.73 Å². The van der Waals surface area contributed by atoms with Gasteiger partial charge in [0, 0.05) is 13.0 Å². The van der Waals surface area contributed by atoms with Gasteiger partial charge in [0.2, 0.25) is 0 Å². The fourth-order valence-corrected chi connectivity index (χ4v) is 2.82. The van der Waals surface area contributed by atoms with Crippen LogP contribution in [0.25, 0.3) is 0 Å². The van der Waals surface area contributed by atoms with E-state index in [2.05, 4.69) is 32.9 Å². The minimum Gasteiger partial charge on any atom is -0.383 e. The van der Waals surface area contributed by atoms with Crippen molar-refractivity contribution in [2.45, 2.75) is 32.8 Å². The molecule has 0 aliphatic rings. The Hall–Kier alpha value is -1.64. The molecular weight excluding hydrogens is 246 g/mol. The molecule has 0 aliphatic heterocycles. The Morgan fingerprint density at radius 3 is 2.05 bits per heavy atom. The van der Waals surface area contributed by atoms with E-state index < -0.39 is 5.60 Å². The summed E-state index contributed by atoms with van der Waals surface area (Å²) in [6.07, 6.45) is 0.547. The maximum atomic E-state index is 10.9. The number of hydrogen-bond acceptors (Lipinski definition) is 2. The third kappa shape index (κ3) is 2.92. The Morgan fingerprint density at radius 1 is 1.00 bits per heavy atom. The highest BCUT2D eigenvalue weighted by molar-refractivity contribution is 5.39. The molecule has 0 saturated heterocycles. The molecule has 3 N–H and O–H groups in total. The largest absolute Gasteiger partial charge is 0.383 e. The smallest absolute Gasteiger partial charge is 0.106 e. The first-order chi connectivity index (χ1) is 9.46. The summed E-state index contributed by atoms with van der Waals surface area (Å²) in [5.41, 5.74) is 10.6. The van der Waals surface area contributed by atoms with E-state index in [-0.39, 0.29) is 6.54 Å². The van der Waals surface area contributed by atoms with E-state index in [1.807, 2.05) is 30.3 Å². The molecule has 0 bridgehead atoms. The summed E-state index contributed by atoms with van der Waals surface area (Å²) in [5.74, 6) is 0. The van der Waals surface area contributed by atoms with Crippen LogP contribution in [0.3, 0.4) is 0 Å². The molecule has 0 radical (unpaired) electrons. The van der Waals surface area contributed by atoms with Crippen molar-refractivity contribution in [1.29, 1.82) is 0 Å². The van der Waals surface area contributed by atoms with Gasteiger partial charge in [0.05, 0.1) is 0 Å². The molecule has 2 aromatic carbocycles. The van der Waals surface area contributed by atoms with Gasteiger partial charge in [0.25, 0.3) is 0 Å². The van der Waals surface area contributed by atoms with Crippen molar-refractivity contribution in [3.8, 4) is 0 Å². The summed E-state index contributed by atoms with van der Waals surface area (Å²) in [7, 11) is 0. The quantitative estimate of drug-likeness (QED) is 0.896. The summed E-state index contributed by atoms with van der Waals surface area (Å²) in [4.78, 5) is 0. The highest BCUT2D eigenvalue weighted by Crippen LogP contribution is 2.28. The van der Waals surface area contributed by atoms with E-state index in [1.54, 1.807) is 0 Å². The Balaban J connectivity index is 2.41. The van der Waals surface area contributed by atoms with Gasteiger partial charge in [0.1, 0.15) is 5.60 Å². The number of hydrogen-bond donors (Lipinski definition) is 2. The third-order valence-electron chi connectivity index (χ3n) is 3.96. The van der Waals surface area contributed by atoms with E-state index in [9.17, 15) is 5.11 Å². The maximum Gasteiger partial charge on any atom is 0.106 e. The van der Waals surface area contributed by atoms with Crippen LogP contribution in [0.15, 0.2) is 42.5 Å². The van der Waals surface area contributed by atoms with Crippen molar-refractivity contribution in [1.82, 2.24) is 0 Å². The van der Waals surface area contributed by atoms with Crippen LogP contribution < -0.4 is 5.73 Å². The Morgan fingerprint density at radius 2 is 1.55 bits per heavy atom. The first-order valence-corrected chi connectivity index (χ1v) is 7.01. The molecule has 1 atom stereocenters. The van der Waals surface area contributed by atoms with Gasteiger partial charge in [0.15, 0.2) is 0 Å². The Kier molecular flexibility index (Phi) is 4.26. The second kappa shape index (κ2) is 5.78. The van der Waals surface area contributed by atoms with Crippen molar-refractivity contribution in [2.75, 3.05) is 6.54 Å². The molecule has 0 fully saturated rings. The zero-order valence-corrected chi connectivity index (χ0v) is 12.5. The summed E-state index contributed by atoms with van der Waals surface area (Å²) in [6, 6.07) is 14.0. The van der Waals surface area contributed by atoms with Crippen LogP contribution in [0, 0.1) is 20.8 Å². The predicted molar refractivity (Wildman–Crippen MR) is 83.8 cm³/mol. The molecule has 2 aromatic rings. The summed E-state index contributed by atoms with van der Waals surface area (Å²) in [6.45, 7) is 6.49. The molecule has 0 spiro atoms. The van der Waals surface area contributed by atoms with Gasteiger partial charge in [-0.2, -0.15) is 0 Å². The van der Waals surface area contributed by atoms with Gasteiger partial charge in [-0.25, -0.2) is 0 Å². The Bertz CT molecular complexity index is 569. The monoisotopic (exact) mass is 269 g/mol. The first kappa shape index (κ1) is 14.8. The SMILES string of the molecule is Cc1cc(C)c(CC(O)(CN)c2ccccc2)c(C)c1. The normalized spacial score (nSPS) is 14.1. The lowest BCUT2D eigenvalue weighted by molar-refractivity contribution is 0.0459. The van der Waals surface area contributed by atoms with Crippen molar-refractivity contribution in [3.63, 3.8) is 0 Å². The highest BCUT2D eigenvalue weighted by Gasteiger charge is 2.29. The fourth-order valence-electron chi connectivity index (χ4n) is 2.82. The molecule has 106 valence electrons. The van der Waals surface area contributed by atoms with Crippen LogP contribution in [-0.4, -0.2) is 11.7 Å². The van der Waals surface area contributed by atoms with E-state index in [0.29, 0.717) is 6.42 Å². The zero-order valence-electron chi connectivity index (χ0n) is 12.5. The molecule has 0 aromatic heterocycles. The van der Waals surface area contributed by atoms with Crippen LogP contribution in [-0.2, 0) is 12.0 Å². The van der Waals surface area contributed by atoms with Crippen LogP contribution in [0.4, 0.5) is 0 Å². The molecule has 0 amide bonds. The van der Waals surface area contributed by atoms with Crippen molar-refractivity contribution in [3.05, 3.63) is 70.3 Å². The molecule has 1 unspecified atom stereocenters. The lowest BCUT2D eigenvalue weighted by atomic mass is 9.84. The molecule has 2 nitrogen and oxygen atoms in total. The number of nitrogens with two attached hydrogens (primary N) is 1. The second-order valence-electron chi connectivity index (χ2n) is 5.66. The lowest BCUT2D eigenvalue weighted by Gasteiger charge is -2.29. The summed E-state index contributed by atoms with van der Waals surface area (Å²) >= 11 is 0. The zero-order chi connectivity index (χ0) is 14.8. The van der Waals surface area contributed by atoms with Gasteiger partial charge >= 0.3 is 0 Å². The van der Waals surface area contributed by atoms with Crippen molar-refractivity contribution < 1.29 is 5.11 Å². The van der Waals surface area contributed by atoms with Gasteiger partial charge in [-0.1, -0.05) is 48.0 Å². The van der Waals surface area contributed by atoms with Crippen LogP contribution in [0.2, 0.25) is 0 Å². The van der Waals surface area contributed by atoms with Crippen molar-refractivity contribution in [2.24, 2.45) is 5.73 Å². The summed E-state index contributed by atoms with van der Waals surface area (Å²) in [5, 5.41) is 10.9. The highest BCUT2D eigenvalue weighted by atomic mass is 16.3. The average Bonchev–Trinajstić information content (AvgIpc) is 2.43. The lowest BCUT2D eigenvalue weighted by Crippen LogP contribution is -2.37. The molecule has 0 saturated carbocycles. The number of rotatable bonds is 4. The number of benzene rings is 2. The second-order valence-corrected chi connectivity index (χ2v) is 5.66. The van der Waals surface area contributed by atoms with Crippen LogP contribution in [0.1, 0.15) is 27.8 Å². The molecule has 2 heteroatoms. The third-order valence-corrected chi connectivity index (χ3v) is 3.96. The van der Waals surface area contributed by atoms with Gasteiger partial charge in [-0.05, 0) is 43.0 Å². The Labute approximate surface area is 121 Å². The first-order valence-electron chi connectivity index (χ1n) is 7.01. The van der Waals surface area contributed by atoms with E-state index >= 15 is 0 Å². The fraction of sp³-hybridized carbons (Fsp3) is 0.333. The standard InChI is InChI=1S/C18H23NO/c1-13-9-14(2)17(15(3)10-13)11-18(20,12-19)16-7-5-4-6-8-16/h4-10,20H,11-12,19H2,1-3H3. The van der Waals surface area contributed by atoms with Gasteiger partial charge in [-0.3, -0.25) is 0 Å². The van der Waals surface area contributed by atoms with Gasteiger partial charge in [-0.15, -0.1) is 0 Å². The van der Waals surface area contributed by atoms with Gasteiger partial charge < -0.3 is 10.8 Å². The van der Waals surface area contributed by atoms with Crippen LogP contribution >= 0.6 is 0 Å². The molecule has 0 heterocycles. The minimum absolute atomic E-state index is 0.212. The average molecular weight is 269 g/mol. The minimum atomic E-state index is -1.01.